The third-order valence-corrected chi connectivity index (χ3v) is 3.90. The highest BCUT2D eigenvalue weighted by Crippen LogP contribution is 2.33. The molecule has 1 unspecified atom stereocenters. The van der Waals surface area contributed by atoms with Gasteiger partial charge in [-0.1, -0.05) is 25.1 Å². The molecule has 0 saturated heterocycles. The second-order valence-electron chi connectivity index (χ2n) is 5.22. The van der Waals surface area contributed by atoms with E-state index in [1.807, 2.05) is 0 Å². The van der Waals surface area contributed by atoms with Gasteiger partial charge in [-0.3, -0.25) is 4.79 Å². The Hall–Kier alpha value is -1.55. The van der Waals surface area contributed by atoms with E-state index in [2.05, 4.69) is 46.7 Å². The minimum atomic E-state index is 0.126. The maximum absolute atomic E-state index is 11.3. The van der Waals surface area contributed by atoms with Gasteiger partial charge in [0.05, 0.1) is 0 Å². The van der Waals surface area contributed by atoms with Crippen molar-refractivity contribution in [1.82, 2.24) is 10.6 Å². The molecule has 0 aromatic heterocycles. The quantitative estimate of drug-likeness (QED) is 0.835. The van der Waals surface area contributed by atoms with Crippen LogP contribution in [-0.2, 0) is 4.79 Å². The van der Waals surface area contributed by atoms with Crippen LogP contribution in [0.3, 0.4) is 0 Å². The van der Waals surface area contributed by atoms with Crippen LogP contribution in [0.25, 0.3) is 0 Å². The van der Waals surface area contributed by atoms with Gasteiger partial charge in [-0.2, -0.15) is 0 Å². The molecule has 1 aliphatic heterocycles. The molecule has 2 N–H and O–H groups in total. The van der Waals surface area contributed by atoms with Crippen molar-refractivity contribution in [3.05, 3.63) is 29.8 Å². The molecule has 1 amide bonds. The molecule has 0 bridgehead atoms. The lowest BCUT2D eigenvalue weighted by Gasteiger charge is -2.36. The molecule has 1 aliphatic rings. The smallest absolute Gasteiger partial charge is 0.219 e. The fourth-order valence-corrected chi connectivity index (χ4v) is 2.88. The minimum absolute atomic E-state index is 0.126. The van der Waals surface area contributed by atoms with E-state index in [-0.39, 0.29) is 5.91 Å². The second kappa shape index (κ2) is 7.29. The number of benzene rings is 1. The summed E-state index contributed by atoms with van der Waals surface area (Å²) in [6.07, 6.45) is 2.64. The number of carbonyl (C=O) groups excluding carboxylic acids is 1. The molecule has 0 radical (unpaired) electrons. The predicted molar refractivity (Wildman–Crippen MR) is 83.0 cm³/mol. The van der Waals surface area contributed by atoms with E-state index in [1.54, 1.807) is 7.05 Å². The second-order valence-corrected chi connectivity index (χ2v) is 5.22. The molecule has 1 heterocycles. The third kappa shape index (κ3) is 3.51. The first-order valence-electron chi connectivity index (χ1n) is 7.54. The molecule has 4 nitrogen and oxygen atoms in total. The van der Waals surface area contributed by atoms with Crippen molar-refractivity contribution in [3.8, 4) is 0 Å². The number of hydrogen-bond acceptors (Lipinski definition) is 3. The third-order valence-electron chi connectivity index (χ3n) is 3.90. The topological polar surface area (TPSA) is 44.4 Å². The summed E-state index contributed by atoms with van der Waals surface area (Å²) in [6.45, 7) is 5.15. The van der Waals surface area contributed by atoms with Crippen LogP contribution in [0.1, 0.15) is 37.8 Å². The number of para-hydroxylation sites is 1. The predicted octanol–water partition coefficient (Wildman–Crippen LogP) is 2.07. The van der Waals surface area contributed by atoms with Crippen molar-refractivity contribution in [3.63, 3.8) is 0 Å². The van der Waals surface area contributed by atoms with Gasteiger partial charge in [0.1, 0.15) is 0 Å². The van der Waals surface area contributed by atoms with Gasteiger partial charge in [-0.15, -0.1) is 0 Å². The van der Waals surface area contributed by atoms with Crippen molar-refractivity contribution in [2.45, 2.75) is 32.2 Å². The maximum atomic E-state index is 11.3. The first kappa shape index (κ1) is 14.9. The summed E-state index contributed by atoms with van der Waals surface area (Å²) in [6, 6.07) is 9.08. The monoisotopic (exact) mass is 275 g/mol. The number of rotatable bonds is 6. The van der Waals surface area contributed by atoms with Gasteiger partial charge in [0.15, 0.2) is 0 Å². The molecule has 4 heteroatoms. The zero-order chi connectivity index (χ0) is 14.4. The standard InChI is InChI=1S/C16H25N3O/c1-3-18-14-10-12-19(11-6-9-16(20)17-2)15-8-5-4-7-13(14)15/h4-5,7-8,14,18H,3,6,9-12H2,1-2H3,(H,17,20). The van der Waals surface area contributed by atoms with E-state index in [0.29, 0.717) is 12.5 Å². The van der Waals surface area contributed by atoms with Crippen LogP contribution in [0, 0.1) is 0 Å². The Kier molecular flexibility index (Phi) is 5.41. The van der Waals surface area contributed by atoms with Gasteiger partial charge < -0.3 is 15.5 Å². The van der Waals surface area contributed by atoms with E-state index in [4.69, 9.17) is 0 Å². The molecule has 0 aliphatic carbocycles. The number of anilines is 1. The van der Waals surface area contributed by atoms with E-state index in [9.17, 15) is 4.79 Å². The van der Waals surface area contributed by atoms with Crippen molar-refractivity contribution in [2.75, 3.05) is 31.6 Å². The summed E-state index contributed by atoms with van der Waals surface area (Å²) in [5.41, 5.74) is 2.71. The van der Waals surface area contributed by atoms with Crippen molar-refractivity contribution in [1.29, 1.82) is 0 Å². The average Bonchev–Trinajstić information content (AvgIpc) is 2.49. The lowest BCUT2D eigenvalue weighted by molar-refractivity contribution is -0.120. The Morgan fingerprint density at radius 3 is 2.95 bits per heavy atom. The fraction of sp³-hybridized carbons (Fsp3) is 0.562. The van der Waals surface area contributed by atoms with Crippen LogP contribution in [0.4, 0.5) is 5.69 Å². The van der Waals surface area contributed by atoms with Crippen molar-refractivity contribution < 1.29 is 4.79 Å². The van der Waals surface area contributed by atoms with Gasteiger partial charge in [-0.25, -0.2) is 0 Å². The van der Waals surface area contributed by atoms with Crippen LogP contribution in [0.15, 0.2) is 24.3 Å². The highest BCUT2D eigenvalue weighted by molar-refractivity contribution is 5.75. The largest absolute Gasteiger partial charge is 0.371 e. The lowest BCUT2D eigenvalue weighted by atomic mass is 9.96. The van der Waals surface area contributed by atoms with E-state index < -0.39 is 0 Å². The number of nitrogens with zero attached hydrogens (tertiary/aromatic N) is 1. The van der Waals surface area contributed by atoms with Gasteiger partial charge in [0.25, 0.3) is 0 Å². The van der Waals surface area contributed by atoms with Crippen molar-refractivity contribution in [2.24, 2.45) is 0 Å². The molecule has 1 aromatic carbocycles. The highest BCUT2D eigenvalue weighted by Gasteiger charge is 2.23. The van der Waals surface area contributed by atoms with Gasteiger partial charge >= 0.3 is 0 Å². The zero-order valence-electron chi connectivity index (χ0n) is 12.5. The number of carbonyl (C=O) groups is 1. The molecule has 0 saturated carbocycles. The molecular weight excluding hydrogens is 250 g/mol. The first-order valence-corrected chi connectivity index (χ1v) is 7.54. The van der Waals surface area contributed by atoms with Gasteiger partial charge in [-0.05, 0) is 31.0 Å². The Bertz CT molecular complexity index is 447. The van der Waals surface area contributed by atoms with Crippen LogP contribution in [0.5, 0.6) is 0 Å². The zero-order valence-corrected chi connectivity index (χ0v) is 12.5. The summed E-state index contributed by atoms with van der Waals surface area (Å²) in [4.78, 5) is 13.7. The Morgan fingerprint density at radius 1 is 1.40 bits per heavy atom. The summed E-state index contributed by atoms with van der Waals surface area (Å²) < 4.78 is 0. The summed E-state index contributed by atoms with van der Waals surface area (Å²) in [7, 11) is 1.69. The molecule has 110 valence electrons. The Morgan fingerprint density at radius 2 is 2.20 bits per heavy atom. The average molecular weight is 275 g/mol. The molecule has 1 atom stereocenters. The number of fused-ring (bicyclic) bond motifs is 1. The molecular formula is C16H25N3O. The normalized spacial score (nSPS) is 17.7. The van der Waals surface area contributed by atoms with Crippen LogP contribution >= 0.6 is 0 Å². The first-order chi connectivity index (χ1) is 9.76. The van der Waals surface area contributed by atoms with E-state index in [1.165, 1.54) is 11.3 Å². The van der Waals surface area contributed by atoms with Crippen LogP contribution in [0.2, 0.25) is 0 Å². The van der Waals surface area contributed by atoms with Crippen molar-refractivity contribution >= 4 is 11.6 Å². The molecule has 0 fully saturated rings. The Labute approximate surface area is 121 Å². The van der Waals surface area contributed by atoms with Gasteiger partial charge in [0, 0.05) is 38.3 Å². The van der Waals surface area contributed by atoms with E-state index >= 15 is 0 Å². The summed E-state index contributed by atoms with van der Waals surface area (Å²) in [5.74, 6) is 0.126. The molecule has 0 spiro atoms. The number of hydrogen-bond donors (Lipinski definition) is 2. The highest BCUT2D eigenvalue weighted by atomic mass is 16.1. The SMILES string of the molecule is CCNC1CCN(CCCC(=O)NC)c2ccccc21. The lowest BCUT2D eigenvalue weighted by Crippen LogP contribution is -2.36. The summed E-state index contributed by atoms with van der Waals surface area (Å²) in [5, 5.41) is 6.23. The number of amides is 1. The maximum Gasteiger partial charge on any atom is 0.219 e. The Balaban J connectivity index is 2.01. The molecule has 2 rings (SSSR count). The van der Waals surface area contributed by atoms with Crippen LogP contribution in [-0.4, -0.2) is 32.6 Å². The number of nitrogens with one attached hydrogen (secondary N) is 2. The summed E-state index contributed by atoms with van der Waals surface area (Å²) >= 11 is 0. The van der Waals surface area contributed by atoms with Crippen LogP contribution < -0.4 is 15.5 Å². The molecule has 1 aromatic rings. The van der Waals surface area contributed by atoms with Gasteiger partial charge in [0.2, 0.25) is 5.91 Å². The van der Waals surface area contributed by atoms with E-state index in [0.717, 1.165) is 32.5 Å². The fourth-order valence-electron chi connectivity index (χ4n) is 2.88. The molecule has 20 heavy (non-hydrogen) atoms. The minimum Gasteiger partial charge on any atom is -0.371 e.